The van der Waals surface area contributed by atoms with Crippen molar-refractivity contribution in [1.29, 1.82) is 0 Å². The summed E-state index contributed by atoms with van der Waals surface area (Å²) in [6.45, 7) is 4.46. The van der Waals surface area contributed by atoms with Gasteiger partial charge in [-0.3, -0.25) is 0 Å². The summed E-state index contributed by atoms with van der Waals surface area (Å²) in [6, 6.07) is 0. The summed E-state index contributed by atoms with van der Waals surface area (Å²) in [7, 11) is 0. The fourth-order valence-electron chi connectivity index (χ4n) is 0.500. The Hall–Kier alpha value is 0.350. The standard InChI is InChI=1S/C6H14.CH4.H2S/c1-3-5-6-4-2;;/h3-6H2,1-2H3;1H4;1H2. The third-order valence-electron chi connectivity index (χ3n) is 0.957. The molecule has 0 aromatic carbocycles. The molecule has 0 amide bonds. The van der Waals surface area contributed by atoms with E-state index in [1.807, 2.05) is 0 Å². The summed E-state index contributed by atoms with van der Waals surface area (Å²) in [5, 5.41) is 0. The molecular formula is C7H20S. The zero-order valence-electron chi connectivity index (χ0n) is 5.33. The molecule has 54 valence electrons. The molecule has 0 spiro atoms. The highest BCUT2D eigenvalue weighted by Crippen LogP contribution is 1.95. The lowest BCUT2D eigenvalue weighted by Gasteiger charge is -1.86. The second-order valence-electron chi connectivity index (χ2n) is 1.71. The maximum absolute atomic E-state index is 2.23. The molecular weight excluding hydrogens is 116 g/mol. The predicted molar refractivity (Wildman–Crippen MR) is 46.9 cm³/mol. The van der Waals surface area contributed by atoms with E-state index in [-0.39, 0.29) is 20.9 Å². The molecule has 0 nitrogen and oxygen atoms in total. The molecule has 0 aliphatic rings. The molecule has 0 bridgehead atoms. The largest absolute Gasteiger partial charge is 0.197 e. The molecule has 0 radical (unpaired) electrons. The van der Waals surface area contributed by atoms with Crippen LogP contribution in [0, 0.1) is 0 Å². The average molecular weight is 136 g/mol. The van der Waals surface area contributed by atoms with Gasteiger partial charge in [-0.2, -0.15) is 13.5 Å². The minimum Gasteiger partial charge on any atom is -0.197 e. The molecule has 0 rings (SSSR count). The molecule has 1 heteroatoms. The first-order valence-electron chi connectivity index (χ1n) is 2.91. The Bertz CT molecular complexity index is 16.3. The molecule has 8 heavy (non-hydrogen) atoms. The van der Waals surface area contributed by atoms with Crippen LogP contribution in [0.25, 0.3) is 0 Å². The highest BCUT2D eigenvalue weighted by molar-refractivity contribution is 7.59. The molecule has 0 aromatic rings. The molecule has 0 atom stereocenters. The van der Waals surface area contributed by atoms with Gasteiger partial charge in [-0.05, 0) is 0 Å². The maximum Gasteiger partial charge on any atom is -0.0536 e. The van der Waals surface area contributed by atoms with Gasteiger partial charge in [0.15, 0.2) is 0 Å². The first-order chi connectivity index (χ1) is 2.91. The van der Waals surface area contributed by atoms with Crippen LogP contribution in [0.4, 0.5) is 0 Å². The van der Waals surface area contributed by atoms with E-state index in [1.165, 1.54) is 25.7 Å². The van der Waals surface area contributed by atoms with Crippen LogP contribution in [0.3, 0.4) is 0 Å². The van der Waals surface area contributed by atoms with Crippen molar-refractivity contribution in [3.63, 3.8) is 0 Å². The molecule has 0 fully saturated rings. The van der Waals surface area contributed by atoms with E-state index in [0.29, 0.717) is 0 Å². The van der Waals surface area contributed by atoms with E-state index in [2.05, 4.69) is 13.8 Å². The van der Waals surface area contributed by atoms with Crippen molar-refractivity contribution in [3.8, 4) is 0 Å². The minimum absolute atomic E-state index is 0. The van der Waals surface area contributed by atoms with Crippen molar-refractivity contribution in [2.24, 2.45) is 0 Å². The zero-order chi connectivity index (χ0) is 4.83. The summed E-state index contributed by atoms with van der Waals surface area (Å²) >= 11 is 0. The van der Waals surface area contributed by atoms with Gasteiger partial charge in [-0.1, -0.05) is 47.0 Å². The highest BCUT2D eigenvalue weighted by Gasteiger charge is 1.75. The van der Waals surface area contributed by atoms with Gasteiger partial charge in [-0.15, -0.1) is 0 Å². The topological polar surface area (TPSA) is 0 Å². The van der Waals surface area contributed by atoms with E-state index >= 15 is 0 Å². The van der Waals surface area contributed by atoms with Crippen LogP contribution in [-0.4, -0.2) is 0 Å². The van der Waals surface area contributed by atoms with Crippen molar-refractivity contribution < 1.29 is 0 Å². The molecule has 0 N–H and O–H groups in total. The molecule has 0 aromatic heterocycles. The van der Waals surface area contributed by atoms with Gasteiger partial charge in [0.25, 0.3) is 0 Å². The average Bonchev–Trinajstić information content (AvgIpc) is 1.61. The summed E-state index contributed by atoms with van der Waals surface area (Å²) in [5.74, 6) is 0. The van der Waals surface area contributed by atoms with E-state index in [9.17, 15) is 0 Å². The lowest BCUT2D eigenvalue weighted by atomic mass is 10.2. The van der Waals surface area contributed by atoms with Gasteiger partial charge in [-0.25, -0.2) is 0 Å². The third-order valence-corrected chi connectivity index (χ3v) is 0.957. The fraction of sp³-hybridized carbons (Fsp3) is 1.00. The third kappa shape index (κ3) is 16.2. The van der Waals surface area contributed by atoms with Crippen LogP contribution in [0.2, 0.25) is 0 Å². The lowest BCUT2D eigenvalue weighted by Crippen LogP contribution is -1.66. The van der Waals surface area contributed by atoms with Gasteiger partial charge in [0.2, 0.25) is 0 Å². The zero-order valence-corrected chi connectivity index (χ0v) is 6.33. The summed E-state index contributed by atoms with van der Waals surface area (Å²) in [5.41, 5.74) is 0. The summed E-state index contributed by atoms with van der Waals surface area (Å²) in [6.07, 6.45) is 5.54. The van der Waals surface area contributed by atoms with Crippen molar-refractivity contribution in [1.82, 2.24) is 0 Å². The van der Waals surface area contributed by atoms with Crippen molar-refractivity contribution in [3.05, 3.63) is 0 Å². The quantitative estimate of drug-likeness (QED) is 0.522. The number of unbranched alkanes of at least 4 members (excludes halogenated alkanes) is 3. The Kier molecular flexibility index (Phi) is 30.9. The molecule has 0 unspecified atom stereocenters. The van der Waals surface area contributed by atoms with E-state index in [4.69, 9.17) is 0 Å². The Balaban J connectivity index is -0.000000125. The van der Waals surface area contributed by atoms with Crippen LogP contribution in [0.1, 0.15) is 47.0 Å². The summed E-state index contributed by atoms with van der Waals surface area (Å²) < 4.78 is 0. The Morgan fingerprint density at radius 2 is 1.12 bits per heavy atom. The fourth-order valence-corrected chi connectivity index (χ4v) is 0.500. The monoisotopic (exact) mass is 136 g/mol. The molecule has 0 aliphatic heterocycles. The molecule has 0 saturated heterocycles. The van der Waals surface area contributed by atoms with Crippen LogP contribution in [-0.2, 0) is 0 Å². The van der Waals surface area contributed by atoms with Crippen molar-refractivity contribution in [2.75, 3.05) is 0 Å². The van der Waals surface area contributed by atoms with Gasteiger partial charge >= 0.3 is 0 Å². The molecule has 0 aliphatic carbocycles. The summed E-state index contributed by atoms with van der Waals surface area (Å²) in [4.78, 5) is 0. The smallest absolute Gasteiger partial charge is 0.0536 e. The van der Waals surface area contributed by atoms with Crippen LogP contribution in [0.5, 0.6) is 0 Å². The van der Waals surface area contributed by atoms with Gasteiger partial charge in [0, 0.05) is 0 Å². The van der Waals surface area contributed by atoms with Gasteiger partial charge in [0.05, 0.1) is 0 Å². The molecule has 0 heterocycles. The second kappa shape index (κ2) is 15.7. The van der Waals surface area contributed by atoms with E-state index in [0.717, 1.165) is 0 Å². The van der Waals surface area contributed by atoms with Crippen LogP contribution in [0.15, 0.2) is 0 Å². The number of rotatable bonds is 3. The van der Waals surface area contributed by atoms with Crippen molar-refractivity contribution >= 4 is 13.5 Å². The Morgan fingerprint density at radius 3 is 1.25 bits per heavy atom. The lowest BCUT2D eigenvalue weighted by molar-refractivity contribution is 0.702. The number of hydrogen-bond acceptors (Lipinski definition) is 0. The van der Waals surface area contributed by atoms with Gasteiger partial charge < -0.3 is 0 Å². The van der Waals surface area contributed by atoms with E-state index < -0.39 is 0 Å². The minimum atomic E-state index is 0. The first-order valence-corrected chi connectivity index (χ1v) is 2.91. The Labute approximate surface area is 61.1 Å². The SMILES string of the molecule is C.CCCCCC.S. The normalized spacial score (nSPS) is 6.75. The second-order valence-corrected chi connectivity index (χ2v) is 1.71. The van der Waals surface area contributed by atoms with Gasteiger partial charge in [0.1, 0.15) is 0 Å². The first kappa shape index (κ1) is 15.8. The van der Waals surface area contributed by atoms with E-state index in [1.54, 1.807) is 0 Å². The van der Waals surface area contributed by atoms with Crippen molar-refractivity contribution in [2.45, 2.75) is 47.0 Å². The number of hydrogen-bond donors (Lipinski definition) is 0. The highest BCUT2D eigenvalue weighted by atomic mass is 32.1. The van der Waals surface area contributed by atoms with Crippen LogP contribution >= 0.6 is 13.5 Å². The van der Waals surface area contributed by atoms with Crippen LogP contribution < -0.4 is 0 Å². The maximum atomic E-state index is 2.23. The predicted octanol–water partition coefficient (Wildman–Crippen LogP) is 3.34. The Morgan fingerprint density at radius 1 is 0.875 bits per heavy atom. The molecule has 0 saturated carbocycles.